The topological polar surface area (TPSA) is 42.8 Å². The Bertz CT molecular complexity index is 593. The van der Waals surface area contributed by atoms with Gasteiger partial charge in [0.2, 0.25) is 0 Å². The van der Waals surface area contributed by atoms with Crippen molar-refractivity contribution in [2.75, 3.05) is 26.7 Å². The highest BCUT2D eigenvalue weighted by molar-refractivity contribution is 9.10. The molecule has 1 aliphatic heterocycles. The van der Waals surface area contributed by atoms with E-state index in [0.29, 0.717) is 11.3 Å². The van der Waals surface area contributed by atoms with E-state index in [1.807, 2.05) is 12.1 Å². The van der Waals surface area contributed by atoms with Crippen molar-refractivity contribution in [3.63, 3.8) is 0 Å². The molecule has 1 aromatic rings. The van der Waals surface area contributed by atoms with Crippen LogP contribution in [-0.2, 0) is 0 Å². The molecule has 3 rings (SSSR count). The lowest BCUT2D eigenvalue weighted by atomic mass is 9.79. The number of rotatable bonds is 5. The van der Waals surface area contributed by atoms with Gasteiger partial charge in [-0.05, 0) is 66.2 Å². The fraction of sp³-hybridized carbons (Fsp3) is 0.650. The second-order valence-electron chi connectivity index (χ2n) is 7.53. The van der Waals surface area contributed by atoms with Gasteiger partial charge in [-0.15, -0.1) is 0 Å². The van der Waals surface area contributed by atoms with Crippen molar-refractivity contribution >= 4 is 21.8 Å². The number of benzene rings is 1. The van der Waals surface area contributed by atoms with Crippen LogP contribution in [0.3, 0.4) is 0 Å². The second kappa shape index (κ2) is 8.54. The van der Waals surface area contributed by atoms with Crippen molar-refractivity contribution in [2.45, 2.75) is 56.9 Å². The normalized spacial score (nSPS) is 20.9. The quantitative estimate of drug-likeness (QED) is 0.784. The molecule has 25 heavy (non-hydrogen) atoms. The molecule has 2 N–H and O–H groups in total. The molecule has 1 heterocycles. The number of quaternary nitrogens is 1. The van der Waals surface area contributed by atoms with Gasteiger partial charge in [0.05, 0.1) is 32.3 Å². The van der Waals surface area contributed by atoms with Crippen LogP contribution in [0.25, 0.3) is 0 Å². The zero-order valence-electron chi connectivity index (χ0n) is 15.2. The number of likely N-dealkylation sites (tertiary alicyclic amines) is 1. The average Bonchev–Trinajstić information content (AvgIpc) is 2.68. The number of halogens is 1. The lowest BCUT2D eigenvalue weighted by Gasteiger charge is -2.45. The van der Waals surface area contributed by atoms with E-state index in [1.54, 1.807) is 18.1 Å². The van der Waals surface area contributed by atoms with E-state index < -0.39 is 0 Å². The van der Waals surface area contributed by atoms with Crippen LogP contribution < -0.4 is 15.0 Å². The van der Waals surface area contributed by atoms with E-state index in [2.05, 4.69) is 21.2 Å². The molecular formula is C20H30BrN2O2+. The lowest BCUT2D eigenvalue weighted by Crippen LogP contribution is -3.22. The smallest absolute Gasteiger partial charge is 0.252 e. The number of piperidine rings is 1. The van der Waals surface area contributed by atoms with Crippen molar-refractivity contribution in [2.24, 2.45) is 0 Å². The van der Waals surface area contributed by atoms with E-state index >= 15 is 0 Å². The Kier molecular flexibility index (Phi) is 6.39. The minimum Gasteiger partial charge on any atom is -0.497 e. The number of amides is 1. The SMILES string of the molecule is COc1ccc(Br)c(C(=O)NCC2([NH+]3CCCCC3)CCCCC2)c1. The highest BCUT2D eigenvalue weighted by atomic mass is 79.9. The van der Waals surface area contributed by atoms with Crippen LogP contribution in [-0.4, -0.2) is 38.2 Å². The van der Waals surface area contributed by atoms with Crippen LogP contribution in [0, 0.1) is 0 Å². The third-order valence-corrected chi connectivity index (χ3v) is 6.71. The Hall–Kier alpha value is -1.07. The van der Waals surface area contributed by atoms with Gasteiger partial charge in [-0.3, -0.25) is 4.79 Å². The van der Waals surface area contributed by atoms with Crippen LogP contribution in [0.15, 0.2) is 22.7 Å². The molecule has 1 aromatic carbocycles. The fourth-order valence-corrected chi connectivity index (χ4v) is 4.97. The van der Waals surface area contributed by atoms with E-state index in [4.69, 9.17) is 4.74 Å². The Morgan fingerprint density at radius 3 is 2.52 bits per heavy atom. The number of carbonyl (C=O) groups excluding carboxylic acids is 1. The second-order valence-corrected chi connectivity index (χ2v) is 8.39. The molecule has 0 unspecified atom stereocenters. The lowest BCUT2D eigenvalue weighted by molar-refractivity contribution is -0.957. The molecule has 0 spiro atoms. The summed E-state index contributed by atoms with van der Waals surface area (Å²) in [7, 11) is 1.63. The molecule has 1 aliphatic carbocycles. The summed E-state index contributed by atoms with van der Waals surface area (Å²) in [5.41, 5.74) is 0.888. The maximum atomic E-state index is 12.8. The van der Waals surface area contributed by atoms with Crippen molar-refractivity contribution in [3.8, 4) is 5.75 Å². The number of ether oxygens (including phenoxy) is 1. The van der Waals surface area contributed by atoms with Gasteiger partial charge in [-0.25, -0.2) is 0 Å². The minimum absolute atomic E-state index is 0.00728. The molecule has 2 aliphatic rings. The first-order valence-electron chi connectivity index (χ1n) is 9.61. The van der Waals surface area contributed by atoms with Gasteiger partial charge < -0.3 is 15.0 Å². The Morgan fingerprint density at radius 2 is 1.84 bits per heavy atom. The minimum atomic E-state index is -0.00728. The average molecular weight is 410 g/mol. The van der Waals surface area contributed by atoms with Crippen LogP contribution in [0.4, 0.5) is 0 Å². The number of methoxy groups -OCH3 is 1. The summed E-state index contributed by atoms with van der Waals surface area (Å²) >= 11 is 3.49. The van der Waals surface area contributed by atoms with Crippen LogP contribution in [0.5, 0.6) is 5.75 Å². The van der Waals surface area contributed by atoms with Crippen molar-refractivity contribution in [3.05, 3.63) is 28.2 Å². The molecule has 0 aromatic heterocycles. The number of hydrogen-bond donors (Lipinski definition) is 2. The summed E-state index contributed by atoms with van der Waals surface area (Å²) in [5, 5.41) is 3.25. The van der Waals surface area contributed by atoms with Crippen molar-refractivity contribution in [1.29, 1.82) is 0 Å². The third kappa shape index (κ3) is 4.37. The Labute approximate surface area is 159 Å². The Morgan fingerprint density at radius 1 is 1.16 bits per heavy atom. The molecule has 0 atom stereocenters. The molecule has 5 heteroatoms. The molecule has 138 valence electrons. The van der Waals surface area contributed by atoms with Crippen LogP contribution in [0.2, 0.25) is 0 Å². The van der Waals surface area contributed by atoms with E-state index in [-0.39, 0.29) is 11.4 Å². The van der Waals surface area contributed by atoms with Gasteiger partial charge in [0.1, 0.15) is 11.3 Å². The van der Waals surface area contributed by atoms with Gasteiger partial charge >= 0.3 is 0 Å². The van der Waals surface area contributed by atoms with Gasteiger partial charge in [0.15, 0.2) is 0 Å². The van der Waals surface area contributed by atoms with Crippen LogP contribution >= 0.6 is 15.9 Å². The highest BCUT2D eigenvalue weighted by Crippen LogP contribution is 2.27. The van der Waals surface area contributed by atoms with Gasteiger partial charge in [0.25, 0.3) is 5.91 Å². The van der Waals surface area contributed by atoms with E-state index in [1.165, 1.54) is 64.5 Å². The summed E-state index contributed by atoms with van der Waals surface area (Å²) in [6.45, 7) is 3.31. The monoisotopic (exact) mass is 409 g/mol. The first-order valence-corrected chi connectivity index (χ1v) is 10.4. The zero-order valence-corrected chi connectivity index (χ0v) is 16.8. The van der Waals surface area contributed by atoms with E-state index in [9.17, 15) is 4.79 Å². The zero-order chi connectivity index (χ0) is 17.7. The molecule has 0 bridgehead atoms. The summed E-state index contributed by atoms with van der Waals surface area (Å²) in [4.78, 5) is 14.5. The summed E-state index contributed by atoms with van der Waals surface area (Å²) in [6.07, 6.45) is 10.4. The van der Waals surface area contributed by atoms with Crippen molar-refractivity contribution < 1.29 is 14.4 Å². The number of carbonyl (C=O) groups is 1. The first kappa shape index (κ1) is 18.7. The van der Waals surface area contributed by atoms with Gasteiger partial charge in [-0.2, -0.15) is 0 Å². The first-order chi connectivity index (χ1) is 12.1. The molecule has 1 saturated carbocycles. The third-order valence-electron chi connectivity index (χ3n) is 6.02. The van der Waals surface area contributed by atoms with Gasteiger partial charge in [-0.1, -0.05) is 6.42 Å². The molecule has 1 amide bonds. The largest absolute Gasteiger partial charge is 0.497 e. The standard InChI is InChI=1S/C20H29BrN2O2/c1-25-16-8-9-18(21)17(14-16)19(24)22-15-20(10-4-2-5-11-20)23-12-6-3-7-13-23/h8-9,14H,2-7,10-13,15H2,1H3,(H,22,24)/p+1. The molecule has 2 fully saturated rings. The summed E-state index contributed by atoms with van der Waals surface area (Å²) in [5.74, 6) is 0.703. The predicted molar refractivity (Wildman–Crippen MR) is 103 cm³/mol. The highest BCUT2D eigenvalue weighted by Gasteiger charge is 2.42. The molecular weight excluding hydrogens is 380 g/mol. The van der Waals surface area contributed by atoms with Crippen molar-refractivity contribution in [1.82, 2.24) is 5.32 Å². The number of hydrogen-bond acceptors (Lipinski definition) is 2. The van der Waals surface area contributed by atoms with E-state index in [0.717, 1.165) is 11.0 Å². The van der Waals surface area contributed by atoms with Gasteiger partial charge in [0, 0.05) is 17.3 Å². The maximum absolute atomic E-state index is 12.8. The molecule has 0 radical (unpaired) electrons. The fourth-order valence-electron chi connectivity index (χ4n) is 4.54. The Balaban J connectivity index is 1.71. The molecule has 1 saturated heterocycles. The summed E-state index contributed by atoms with van der Waals surface area (Å²) < 4.78 is 6.08. The molecule has 4 nitrogen and oxygen atoms in total. The summed E-state index contributed by atoms with van der Waals surface area (Å²) in [6, 6.07) is 5.54. The van der Waals surface area contributed by atoms with Crippen LogP contribution in [0.1, 0.15) is 61.7 Å². The maximum Gasteiger partial charge on any atom is 0.252 e. The predicted octanol–water partition coefficient (Wildman–Crippen LogP) is 2.96. The number of nitrogens with one attached hydrogen (secondary N) is 2.